The van der Waals surface area contributed by atoms with Crippen LogP contribution in [0, 0.1) is 0 Å². The number of hydrogen-bond donors (Lipinski definition) is 1. The predicted octanol–water partition coefficient (Wildman–Crippen LogP) is 2.13. The molecule has 4 rings (SSSR count). The Morgan fingerprint density at radius 2 is 1.91 bits per heavy atom. The highest BCUT2D eigenvalue weighted by Gasteiger charge is 2.27. The van der Waals surface area contributed by atoms with Gasteiger partial charge >= 0.3 is 0 Å². The van der Waals surface area contributed by atoms with Crippen molar-refractivity contribution in [3.8, 4) is 5.75 Å². The number of nitrogens with one attached hydrogen (secondary N) is 1. The summed E-state index contributed by atoms with van der Waals surface area (Å²) in [6.45, 7) is 5.11. The molecular weight excluding hydrogens is 444 g/mol. The molecule has 180 valence electrons. The van der Waals surface area contributed by atoms with Gasteiger partial charge in [-0.2, -0.15) is 9.40 Å². The van der Waals surface area contributed by atoms with Crippen molar-refractivity contribution in [3.05, 3.63) is 30.9 Å². The van der Waals surface area contributed by atoms with Crippen molar-refractivity contribution in [1.82, 2.24) is 24.0 Å². The van der Waals surface area contributed by atoms with Crippen molar-refractivity contribution in [2.75, 3.05) is 44.6 Å². The highest BCUT2D eigenvalue weighted by molar-refractivity contribution is 7.89. The third kappa shape index (κ3) is 5.71. The molecule has 2 aliphatic heterocycles. The van der Waals surface area contributed by atoms with Gasteiger partial charge in [0.2, 0.25) is 15.9 Å². The third-order valence-electron chi connectivity index (χ3n) is 6.21. The maximum Gasteiger partial charge on any atom is 0.243 e. The standard InChI is InChI=1S/C22H32N6O4S/c1-2-32-21-7-6-19(33(30,31)27-10-4-3-5-11-27)14-20(21)25-22(29)15-26-12-8-18(9-13-26)28-17-23-16-24-28/h6-7,14,16-18H,2-5,8-13,15H2,1H3,(H,25,29). The topological polar surface area (TPSA) is 110 Å². The summed E-state index contributed by atoms with van der Waals surface area (Å²) in [4.78, 5) is 19.1. The second-order valence-corrected chi connectivity index (χ2v) is 10.4. The number of sulfonamides is 1. The number of ether oxygens (including phenoxy) is 1. The molecule has 0 spiro atoms. The van der Waals surface area contributed by atoms with Crippen LogP contribution in [0.25, 0.3) is 0 Å². The predicted molar refractivity (Wildman–Crippen MR) is 124 cm³/mol. The van der Waals surface area contributed by atoms with Crippen molar-refractivity contribution >= 4 is 21.6 Å². The number of benzene rings is 1. The van der Waals surface area contributed by atoms with Crippen molar-refractivity contribution in [2.45, 2.75) is 50.0 Å². The lowest BCUT2D eigenvalue weighted by Crippen LogP contribution is -2.39. The Kier molecular flexibility index (Phi) is 7.61. The zero-order valence-electron chi connectivity index (χ0n) is 19.0. The number of aromatic nitrogens is 3. The van der Waals surface area contributed by atoms with E-state index in [1.807, 2.05) is 11.6 Å². The number of carbonyl (C=O) groups is 1. The van der Waals surface area contributed by atoms with E-state index in [2.05, 4.69) is 20.3 Å². The number of anilines is 1. The number of nitrogens with zero attached hydrogens (tertiary/aromatic N) is 5. The van der Waals surface area contributed by atoms with Crippen LogP contribution < -0.4 is 10.1 Å². The fraction of sp³-hybridized carbons (Fsp3) is 0.591. The van der Waals surface area contributed by atoms with E-state index in [9.17, 15) is 13.2 Å². The largest absolute Gasteiger partial charge is 0.492 e. The number of piperidine rings is 2. The van der Waals surface area contributed by atoms with E-state index in [0.29, 0.717) is 37.2 Å². The molecule has 10 nitrogen and oxygen atoms in total. The first-order valence-electron chi connectivity index (χ1n) is 11.6. The molecule has 11 heteroatoms. The van der Waals surface area contributed by atoms with Crippen LogP contribution in [-0.2, 0) is 14.8 Å². The van der Waals surface area contributed by atoms with E-state index >= 15 is 0 Å². The molecule has 2 aromatic rings. The fourth-order valence-electron chi connectivity index (χ4n) is 4.44. The Hall–Kier alpha value is -2.50. The molecular formula is C22H32N6O4S. The van der Waals surface area contributed by atoms with Gasteiger partial charge in [-0.1, -0.05) is 6.42 Å². The number of carbonyl (C=O) groups excluding carboxylic acids is 1. The lowest BCUT2D eigenvalue weighted by Gasteiger charge is -2.31. The van der Waals surface area contributed by atoms with E-state index in [1.54, 1.807) is 18.5 Å². The van der Waals surface area contributed by atoms with Crippen molar-refractivity contribution in [1.29, 1.82) is 0 Å². The summed E-state index contributed by atoms with van der Waals surface area (Å²) < 4.78 is 35.2. The molecule has 2 fully saturated rings. The van der Waals surface area contributed by atoms with Gasteiger partial charge in [0.05, 0.1) is 29.8 Å². The van der Waals surface area contributed by atoms with Gasteiger partial charge in [0, 0.05) is 26.2 Å². The highest BCUT2D eigenvalue weighted by Crippen LogP contribution is 2.30. The first-order valence-corrected chi connectivity index (χ1v) is 13.0. The minimum Gasteiger partial charge on any atom is -0.492 e. The van der Waals surface area contributed by atoms with Gasteiger partial charge in [-0.25, -0.2) is 18.1 Å². The quantitative estimate of drug-likeness (QED) is 0.621. The minimum absolute atomic E-state index is 0.178. The van der Waals surface area contributed by atoms with Crippen molar-refractivity contribution in [2.24, 2.45) is 0 Å². The zero-order valence-corrected chi connectivity index (χ0v) is 19.8. The molecule has 0 aliphatic carbocycles. The normalized spacial score (nSPS) is 18.8. The van der Waals surface area contributed by atoms with E-state index < -0.39 is 10.0 Å². The highest BCUT2D eigenvalue weighted by atomic mass is 32.2. The number of rotatable bonds is 8. The molecule has 1 aromatic heterocycles. The molecule has 0 radical (unpaired) electrons. The van der Waals surface area contributed by atoms with Gasteiger partial charge in [0.1, 0.15) is 18.4 Å². The lowest BCUT2D eigenvalue weighted by molar-refractivity contribution is -0.117. The minimum atomic E-state index is -3.60. The van der Waals surface area contributed by atoms with Crippen LogP contribution in [0.5, 0.6) is 5.75 Å². The van der Waals surface area contributed by atoms with E-state index in [1.165, 1.54) is 16.7 Å². The van der Waals surface area contributed by atoms with Gasteiger partial charge in [0.15, 0.2) is 0 Å². The molecule has 33 heavy (non-hydrogen) atoms. The Labute approximate surface area is 195 Å². The Morgan fingerprint density at radius 1 is 1.15 bits per heavy atom. The SMILES string of the molecule is CCOc1ccc(S(=O)(=O)N2CCCCC2)cc1NC(=O)CN1CCC(n2cncn2)CC1. The van der Waals surface area contributed by atoms with Gasteiger partial charge in [-0.15, -0.1) is 0 Å². The van der Waals surface area contributed by atoms with E-state index in [-0.39, 0.29) is 17.3 Å². The van der Waals surface area contributed by atoms with Crippen LogP contribution in [0.15, 0.2) is 35.7 Å². The summed E-state index contributed by atoms with van der Waals surface area (Å²) in [5.41, 5.74) is 0.387. The van der Waals surface area contributed by atoms with Crippen LogP contribution in [-0.4, -0.2) is 77.6 Å². The average Bonchev–Trinajstić information content (AvgIpc) is 3.36. The third-order valence-corrected chi connectivity index (χ3v) is 8.11. The second kappa shape index (κ2) is 10.6. The molecule has 1 N–H and O–H groups in total. The zero-order chi connectivity index (χ0) is 23.3. The van der Waals surface area contributed by atoms with Crippen molar-refractivity contribution in [3.63, 3.8) is 0 Å². The first-order chi connectivity index (χ1) is 16.0. The average molecular weight is 477 g/mol. The summed E-state index contributed by atoms with van der Waals surface area (Å²) in [5, 5.41) is 7.09. The monoisotopic (exact) mass is 476 g/mol. The number of likely N-dealkylation sites (tertiary alicyclic amines) is 1. The maximum atomic E-state index is 13.1. The molecule has 3 heterocycles. The Bertz CT molecular complexity index is 1030. The Morgan fingerprint density at radius 3 is 2.58 bits per heavy atom. The second-order valence-electron chi connectivity index (χ2n) is 8.49. The number of amides is 1. The summed E-state index contributed by atoms with van der Waals surface area (Å²) in [6.07, 6.45) is 7.84. The fourth-order valence-corrected chi connectivity index (χ4v) is 5.99. The molecule has 1 amide bonds. The molecule has 0 atom stereocenters. The Balaban J connectivity index is 1.41. The maximum absolute atomic E-state index is 13.1. The first kappa shape index (κ1) is 23.7. The molecule has 2 saturated heterocycles. The molecule has 0 saturated carbocycles. The van der Waals surface area contributed by atoms with Crippen LogP contribution in [0.3, 0.4) is 0 Å². The lowest BCUT2D eigenvalue weighted by atomic mass is 10.1. The van der Waals surface area contributed by atoms with Crippen LogP contribution in [0.4, 0.5) is 5.69 Å². The number of hydrogen-bond acceptors (Lipinski definition) is 7. The van der Waals surface area contributed by atoms with Gasteiger partial charge < -0.3 is 10.1 Å². The van der Waals surface area contributed by atoms with Crippen LogP contribution in [0.1, 0.15) is 45.1 Å². The summed E-state index contributed by atoms with van der Waals surface area (Å²) in [5.74, 6) is 0.274. The smallest absolute Gasteiger partial charge is 0.243 e. The molecule has 0 unspecified atom stereocenters. The summed E-state index contributed by atoms with van der Waals surface area (Å²) >= 11 is 0. The van der Waals surface area contributed by atoms with Gasteiger partial charge in [-0.05, 0) is 50.8 Å². The molecule has 0 bridgehead atoms. The van der Waals surface area contributed by atoms with Crippen LogP contribution >= 0.6 is 0 Å². The summed E-state index contributed by atoms with van der Waals surface area (Å²) in [6, 6.07) is 5.00. The van der Waals surface area contributed by atoms with E-state index in [0.717, 1.165) is 45.2 Å². The molecule has 1 aromatic carbocycles. The van der Waals surface area contributed by atoms with Gasteiger partial charge in [-0.3, -0.25) is 9.69 Å². The van der Waals surface area contributed by atoms with Crippen LogP contribution in [0.2, 0.25) is 0 Å². The van der Waals surface area contributed by atoms with E-state index in [4.69, 9.17) is 4.74 Å². The van der Waals surface area contributed by atoms with Crippen molar-refractivity contribution < 1.29 is 17.9 Å². The summed E-state index contributed by atoms with van der Waals surface area (Å²) in [7, 11) is -3.60. The van der Waals surface area contributed by atoms with Gasteiger partial charge in [0.25, 0.3) is 0 Å². The molecule has 2 aliphatic rings.